The van der Waals surface area contributed by atoms with E-state index in [0.29, 0.717) is 18.5 Å². The second-order valence-electron chi connectivity index (χ2n) is 5.40. The largest absolute Gasteiger partial charge is 0.396 e. The highest BCUT2D eigenvalue weighted by Gasteiger charge is 2.20. The van der Waals surface area contributed by atoms with E-state index in [1.54, 1.807) is 0 Å². The highest BCUT2D eigenvalue weighted by atomic mass is 16.3. The van der Waals surface area contributed by atoms with Gasteiger partial charge in [0.15, 0.2) is 0 Å². The van der Waals surface area contributed by atoms with E-state index in [-0.39, 0.29) is 18.7 Å². The third kappa shape index (κ3) is 4.64. The number of rotatable bonds is 5. The van der Waals surface area contributed by atoms with Gasteiger partial charge in [0.25, 0.3) is 0 Å². The molecule has 0 atom stereocenters. The van der Waals surface area contributed by atoms with Crippen molar-refractivity contribution in [3.63, 3.8) is 0 Å². The maximum atomic E-state index is 11.7. The lowest BCUT2D eigenvalue weighted by molar-refractivity contribution is 0.232. The average molecular weight is 302 g/mol. The van der Waals surface area contributed by atoms with Crippen LogP contribution in [0.2, 0.25) is 0 Å². The van der Waals surface area contributed by atoms with Gasteiger partial charge in [0, 0.05) is 38.0 Å². The Bertz CT molecular complexity index is 516. The van der Waals surface area contributed by atoms with Crippen LogP contribution in [0.3, 0.4) is 0 Å². The highest BCUT2D eigenvalue weighted by Crippen LogP contribution is 2.20. The molecule has 1 heterocycles. The summed E-state index contributed by atoms with van der Waals surface area (Å²) in [7, 11) is 0. The van der Waals surface area contributed by atoms with Gasteiger partial charge in [0.1, 0.15) is 0 Å². The van der Waals surface area contributed by atoms with E-state index >= 15 is 0 Å². The Balaban J connectivity index is 1.75. The van der Waals surface area contributed by atoms with E-state index in [9.17, 15) is 4.79 Å². The normalized spacial score (nSPS) is 15.2. The zero-order valence-electron chi connectivity index (χ0n) is 12.6. The summed E-state index contributed by atoms with van der Waals surface area (Å²) in [5, 5.41) is 23.2. The number of aliphatic hydroxyl groups excluding tert-OH is 1. The molecule has 1 fully saturated rings. The van der Waals surface area contributed by atoms with Crippen LogP contribution in [0.4, 0.5) is 10.5 Å². The zero-order valence-corrected chi connectivity index (χ0v) is 12.6. The van der Waals surface area contributed by atoms with Crippen molar-refractivity contribution in [1.82, 2.24) is 10.6 Å². The fourth-order valence-corrected chi connectivity index (χ4v) is 2.55. The number of anilines is 1. The fraction of sp³-hybridized carbons (Fsp3) is 0.500. The molecule has 2 rings (SSSR count). The summed E-state index contributed by atoms with van der Waals surface area (Å²) < 4.78 is 0. The Labute approximate surface area is 130 Å². The first-order valence-corrected chi connectivity index (χ1v) is 7.63. The molecule has 6 heteroatoms. The van der Waals surface area contributed by atoms with Crippen LogP contribution < -0.4 is 15.5 Å². The summed E-state index contributed by atoms with van der Waals surface area (Å²) >= 11 is 0. The van der Waals surface area contributed by atoms with E-state index < -0.39 is 0 Å². The summed E-state index contributed by atoms with van der Waals surface area (Å²) in [6, 6.07) is 9.73. The van der Waals surface area contributed by atoms with Gasteiger partial charge in [0.05, 0.1) is 11.6 Å². The van der Waals surface area contributed by atoms with Crippen molar-refractivity contribution in [3.05, 3.63) is 29.8 Å². The molecule has 1 aliphatic heterocycles. The first-order chi connectivity index (χ1) is 10.7. The molecule has 1 aliphatic rings. The topological polar surface area (TPSA) is 88.4 Å². The number of piperidine rings is 1. The predicted octanol–water partition coefficient (Wildman–Crippen LogP) is 1.21. The average Bonchev–Trinajstić information content (AvgIpc) is 2.56. The van der Waals surface area contributed by atoms with Crippen molar-refractivity contribution in [2.75, 3.05) is 31.1 Å². The minimum atomic E-state index is -0.162. The first-order valence-electron chi connectivity index (χ1n) is 7.63. The summed E-state index contributed by atoms with van der Waals surface area (Å²) in [5.74, 6) is 0. The number of hydrogen-bond donors (Lipinski definition) is 3. The molecule has 0 aromatic heterocycles. The number of nitrogens with zero attached hydrogens (tertiary/aromatic N) is 2. The second-order valence-corrected chi connectivity index (χ2v) is 5.40. The molecule has 1 aromatic rings. The third-order valence-electron chi connectivity index (χ3n) is 3.81. The minimum Gasteiger partial charge on any atom is -0.396 e. The van der Waals surface area contributed by atoms with Crippen LogP contribution in [-0.4, -0.2) is 43.4 Å². The number of hydrogen-bond acceptors (Lipinski definition) is 4. The lowest BCUT2D eigenvalue weighted by atomic mass is 10.0. The van der Waals surface area contributed by atoms with Crippen LogP contribution in [0.15, 0.2) is 24.3 Å². The van der Waals surface area contributed by atoms with Gasteiger partial charge < -0.3 is 20.6 Å². The van der Waals surface area contributed by atoms with Gasteiger partial charge in [-0.2, -0.15) is 5.26 Å². The number of nitriles is 1. The number of aliphatic hydroxyl groups is 1. The van der Waals surface area contributed by atoms with Crippen molar-refractivity contribution in [2.24, 2.45) is 0 Å². The molecular weight excluding hydrogens is 280 g/mol. The number of carbonyl (C=O) groups is 1. The van der Waals surface area contributed by atoms with Gasteiger partial charge in [-0.1, -0.05) is 0 Å². The quantitative estimate of drug-likeness (QED) is 0.713. The number of nitrogens with one attached hydrogen (secondary N) is 2. The van der Waals surface area contributed by atoms with Crippen LogP contribution >= 0.6 is 0 Å². The van der Waals surface area contributed by atoms with Gasteiger partial charge in [0.2, 0.25) is 0 Å². The van der Waals surface area contributed by atoms with Crippen LogP contribution in [0.1, 0.15) is 24.8 Å². The van der Waals surface area contributed by atoms with E-state index in [4.69, 9.17) is 10.4 Å². The Hall–Kier alpha value is -2.26. The first kappa shape index (κ1) is 16.1. The van der Waals surface area contributed by atoms with E-state index in [0.717, 1.165) is 31.6 Å². The molecule has 2 amide bonds. The number of amides is 2. The van der Waals surface area contributed by atoms with Gasteiger partial charge >= 0.3 is 6.03 Å². The van der Waals surface area contributed by atoms with Gasteiger partial charge in [-0.15, -0.1) is 0 Å². The lowest BCUT2D eigenvalue weighted by Gasteiger charge is -2.34. The summed E-state index contributed by atoms with van der Waals surface area (Å²) in [5.41, 5.74) is 1.78. The maximum absolute atomic E-state index is 11.7. The van der Waals surface area contributed by atoms with Gasteiger partial charge in [-0.05, 0) is 43.5 Å². The second kappa shape index (κ2) is 8.25. The van der Waals surface area contributed by atoms with Crippen molar-refractivity contribution in [3.8, 4) is 6.07 Å². The SMILES string of the molecule is N#Cc1ccc(N2CCC(NC(=O)NCCCO)CC2)cc1. The number of urea groups is 1. The van der Waals surface area contributed by atoms with Crippen LogP contribution in [-0.2, 0) is 0 Å². The van der Waals surface area contributed by atoms with Crippen molar-refractivity contribution >= 4 is 11.7 Å². The Morgan fingerprint density at radius 1 is 1.32 bits per heavy atom. The fourth-order valence-electron chi connectivity index (χ4n) is 2.55. The molecule has 0 bridgehead atoms. The van der Waals surface area contributed by atoms with Crippen molar-refractivity contribution in [1.29, 1.82) is 5.26 Å². The van der Waals surface area contributed by atoms with E-state index in [1.807, 2.05) is 24.3 Å². The Morgan fingerprint density at radius 2 is 2.00 bits per heavy atom. The Morgan fingerprint density at radius 3 is 2.59 bits per heavy atom. The summed E-state index contributed by atoms with van der Waals surface area (Å²) in [6.07, 6.45) is 2.37. The molecule has 1 aromatic carbocycles. The summed E-state index contributed by atoms with van der Waals surface area (Å²) in [6.45, 7) is 2.34. The van der Waals surface area contributed by atoms with Gasteiger partial charge in [-0.25, -0.2) is 4.79 Å². The van der Waals surface area contributed by atoms with Crippen molar-refractivity contribution < 1.29 is 9.90 Å². The maximum Gasteiger partial charge on any atom is 0.315 e. The lowest BCUT2D eigenvalue weighted by Crippen LogP contribution is -2.48. The molecule has 0 aliphatic carbocycles. The smallest absolute Gasteiger partial charge is 0.315 e. The number of carbonyl (C=O) groups excluding carboxylic acids is 1. The molecule has 22 heavy (non-hydrogen) atoms. The van der Waals surface area contributed by atoms with E-state index in [1.165, 1.54) is 0 Å². The predicted molar refractivity (Wildman–Crippen MR) is 84.6 cm³/mol. The van der Waals surface area contributed by atoms with Crippen molar-refractivity contribution in [2.45, 2.75) is 25.3 Å². The molecule has 6 nitrogen and oxygen atoms in total. The monoisotopic (exact) mass is 302 g/mol. The molecule has 3 N–H and O–H groups in total. The number of benzene rings is 1. The van der Waals surface area contributed by atoms with E-state index in [2.05, 4.69) is 21.6 Å². The molecule has 0 spiro atoms. The molecule has 118 valence electrons. The molecule has 0 radical (unpaired) electrons. The molecule has 0 unspecified atom stereocenters. The zero-order chi connectivity index (χ0) is 15.8. The standard InChI is InChI=1S/C16H22N4O2/c17-12-13-2-4-15(5-3-13)20-9-6-14(7-10-20)19-16(22)18-8-1-11-21/h2-5,14,21H,1,6-11H2,(H2,18,19,22). The molecule has 1 saturated heterocycles. The Kier molecular flexibility index (Phi) is 6.04. The molecular formula is C16H22N4O2. The minimum absolute atomic E-state index is 0.0866. The van der Waals surface area contributed by atoms with Gasteiger partial charge in [-0.3, -0.25) is 0 Å². The summed E-state index contributed by atoms with van der Waals surface area (Å²) in [4.78, 5) is 13.9. The van der Waals surface area contributed by atoms with Crippen LogP contribution in [0, 0.1) is 11.3 Å². The van der Waals surface area contributed by atoms with Crippen LogP contribution in [0.25, 0.3) is 0 Å². The third-order valence-corrected chi connectivity index (χ3v) is 3.81. The van der Waals surface area contributed by atoms with Crippen LogP contribution in [0.5, 0.6) is 0 Å². The molecule has 0 saturated carbocycles. The highest BCUT2D eigenvalue weighted by molar-refractivity contribution is 5.74.